The summed E-state index contributed by atoms with van der Waals surface area (Å²) in [6.07, 6.45) is 1.40. The first-order chi connectivity index (χ1) is 21.3. The average molecular weight is 635 g/mol. The number of benzene rings is 2. The number of aromatic nitrogens is 7. The number of nitrogens with zero attached hydrogens (tertiary/aromatic N) is 8. The second-order valence-corrected chi connectivity index (χ2v) is 12.9. The highest BCUT2D eigenvalue weighted by Gasteiger charge is 2.66. The van der Waals surface area contributed by atoms with Gasteiger partial charge in [-0.3, -0.25) is 9.55 Å². The van der Waals surface area contributed by atoms with Crippen LogP contribution in [0.2, 0.25) is 5.02 Å². The zero-order valence-corrected chi connectivity index (χ0v) is 25.7. The van der Waals surface area contributed by atoms with Crippen LogP contribution in [0, 0.1) is 23.7 Å². The van der Waals surface area contributed by atoms with E-state index in [2.05, 4.69) is 63.0 Å². The van der Waals surface area contributed by atoms with Crippen LogP contribution in [0.4, 0.5) is 24.5 Å². The number of hydrogen-bond donors (Lipinski definition) is 2. The van der Waals surface area contributed by atoms with Gasteiger partial charge in [0, 0.05) is 23.2 Å². The van der Waals surface area contributed by atoms with Gasteiger partial charge in [-0.2, -0.15) is 18.4 Å². The van der Waals surface area contributed by atoms with Crippen LogP contribution in [-0.2, 0) is 5.54 Å². The first-order valence-corrected chi connectivity index (χ1v) is 14.7. The third-order valence-corrected chi connectivity index (χ3v) is 8.22. The lowest BCUT2D eigenvalue weighted by Gasteiger charge is -2.24. The molecule has 0 spiro atoms. The Hall–Kier alpha value is -4.70. The fourth-order valence-corrected chi connectivity index (χ4v) is 5.63. The molecule has 1 atom stereocenters. The van der Waals surface area contributed by atoms with E-state index in [1.165, 1.54) is 12.4 Å². The molecule has 3 heterocycles. The second-order valence-electron chi connectivity index (χ2n) is 12.5. The van der Waals surface area contributed by atoms with Crippen molar-refractivity contribution in [2.24, 2.45) is 5.41 Å². The first-order valence-electron chi connectivity index (χ1n) is 14.3. The predicted molar refractivity (Wildman–Crippen MR) is 164 cm³/mol. The molecule has 10 nitrogen and oxygen atoms in total. The van der Waals surface area contributed by atoms with Crippen molar-refractivity contribution >= 4 is 33.9 Å². The summed E-state index contributed by atoms with van der Waals surface area (Å²) in [5, 5.41) is 33.8. The van der Waals surface area contributed by atoms with Crippen molar-refractivity contribution in [1.29, 1.82) is 5.26 Å². The van der Waals surface area contributed by atoms with Crippen LogP contribution in [0.5, 0.6) is 0 Å². The molecule has 0 unspecified atom stereocenters. The molecule has 14 heteroatoms. The molecule has 0 aliphatic heterocycles. The predicted octanol–water partition coefficient (Wildman–Crippen LogP) is 6.95. The quantitative estimate of drug-likeness (QED) is 0.188. The van der Waals surface area contributed by atoms with Gasteiger partial charge in [0.25, 0.3) is 0 Å². The van der Waals surface area contributed by atoms with E-state index in [0.717, 1.165) is 21.5 Å². The Kier molecular flexibility index (Phi) is 7.43. The van der Waals surface area contributed by atoms with Crippen molar-refractivity contribution in [2.75, 3.05) is 17.2 Å². The molecule has 5 aromatic rings. The van der Waals surface area contributed by atoms with Gasteiger partial charge in [-0.1, -0.05) is 49.7 Å². The van der Waals surface area contributed by atoms with E-state index in [4.69, 9.17) is 11.6 Å². The lowest BCUT2D eigenvalue weighted by Crippen LogP contribution is -2.35. The fraction of sp³-hybridized carbons (Fsp3) is 0.355. The van der Waals surface area contributed by atoms with Gasteiger partial charge in [0.1, 0.15) is 24.4 Å². The molecular formula is C31H30ClF3N10. The standard InChI is InChI=1S/C31H30ClF3N10/c1-18-21(6-5-7-25(18)44-16-39-40-17-44)28(24-14-45(43-42-24)30(8-9-30)31(33,34)35)41-23-11-20(32)10-22-26(38-15-29(2,3)4)19(12-36)13-37-27(22)23/h5-7,10-11,13-14,16-17,28,41H,8-9,15H2,1-4H3,(H,37,38)/t28-/m0/s1. The van der Waals surface area contributed by atoms with Gasteiger partial charge in [-0.05, 0) is 54.5 Å². The molecule has 232 valence electrons. The number of nitrogens with one attached hydrogen (secondary N) is 2. The summed E-state index contributed by atoms with van der Waals surface area (Å²) >= 11 is 6.65. The van der Waals surface area contributed by atoms with Crippen LogP contribution in [0.3, 0.4) is 0 Å². The number of pyridine rings is 1. The molecule has 0 amide bonds. The van der Waals surface area contributed by atoms with Crippen molar-refractivity contribution in [3.05, 3.63) is 82.8 Å². The van der Waals surface area contributed by atoms with Crippen molar-refractivity contribution < 1.29 is 13.2 Å². The van der Waals surface area contributed by atoms with Crippen LogP contribution in [-0.4, -0.2) is 47.5 Å². The molecule has 0 saturated heterocycles. The van der Waals surface area contributed by atoms with Crippen LogP contribution in [0.25, 0.3) is 16.6 Å². The van der Waals surface area contributed by atoms with Crippen molar-refractivity contribution in [2.45, 2.75) is 58.3 Å². The maximum atomic E-state index is 14.0. The smallest absolute Gasteiger partial charge is 0.383 e. The summed E-state index contributed by atoms with van der Waals surface area (Å²) in [6.45, 7) is 8.72. The Bertz CT molecular complexity index is 1920. The van der Waals surface area contributed by atoms with Crippen molar-refractivity contribution in [3.63, 3.8) is 0 Å². The summed E-state index contributed by atoms with van der Waals surface area (Å²) in [5.41, 5.74) is 2.46. The number of nitriles is 1. The van der Waals surface area contributed by atoms with Gasteiger partial charge in [0.05, 0.1) is 40.4 Å². The minimum absolute atomic E-state index is 0.0616. The van der Waals surface area contributed by atoms with Gasteiger partial charge in [0.15, 0.2) is 5.54 Å². The highest BCUT2D eigenvalue weighted by molar-refractivity contribution is 6.32. The van der Waals surface area contributed by atoms with E-state index < -0.39 is 17.8 Å². The zero-order valence-electron chi connectivity index (χ0n) is 25.0. The number of anilines is 2. The Morgan fingerprint density at radius 3 is 2.51 bits per heavy atom. The molecular weight excluding hydrogens is 605 g/mol. The highest BCUT2D eigenvalue weighted by atomic mass is 35.5. The molecule has 2 N–H and O–H groups in total. The Morgan fingerprint density at radius 2 is 1.87 bits per heavy atom. The summed E-state index contributed by atoms with van der Waals surface area (Å²) in [7, 11) is 0. The summed E-state index contributed by atoms with van der Waals surface area (Å²) < 4.78 is 44.7. The van der Waals surface area contributed by atoms with Gasteiger partial charge in [-0.15, -0.1) is 15.3 Å². The van der Waals surface area contributed by atoms with Crippen LogP contribution in [0.1, 0.15) is 62.0 Å². The van der Waals surface area contributed by atoms with E-state index >= 15 is 0 Å². The van der Waals surface area contributed by atoms with Crippen LogP contribution < -0.4 is 10.6 Å². The van der Waals surface area contributed by atoms with Gasteiger partial charge >= 0.3 is 6.18 Å². The molecule has 1 saturated carbocycles. The molecule has 1 aliphatic carbocycles. The molecule has 6 rings (SSSR count). The minimum atomic E-state index is -4.47. The van der Waals surface area contributed by atoms with E-state index in [1.807, 2.05) is 25.1 Å². The van der Waals surface area contributed by atoms with Gasteiger partial charge < -0.3 is 10.6 Å². The van der Waals surface area contributed by atoms with Crippen molar-refractivity contribution in [3.8, 4) is 11.8 Å². The Balaban J connectivity index is 1.50. The zero-order chi connectivity index (χ0) is 32.1. The summed E-state index contributed by atoms with van der Waals surface area (Å²) in [4.78, 5) is 4.61. The highest BCUT2D eigenvalue weighted by Crippen LogP contribution is 2.55. The number of halogens is 4. The van der Waals surface area contributed by atoms with E-state index in [0.29, 0.717) is 39.4 Å². The maximum absolute atomic E-state index is 14.0. The summed E-state index contributed by atoms with van der Waals surface area (Å²) in [6, 6.07) is 10.5. The lowest BCUT2D eigenvalue weighted by molar-refractivity contribution is -0.182. The van der Waals surface area contributed by atoms with E-state index in [9.17, 15) is 18.4 Å². The van der Waals surface area contributed by atoms with Crippen LogP contribution >= 0.6 is 11.6 Å². The number of hydrogen-bond acceptors (Lipinski definition) is 8. The normalized spacial score (nSPS) is 15.1. The molecule has 0 bridgehead atoms. The molecule has 0 radical (unpaired) electrons. The third-order valence-electron chi connectivity index (χ3n) is 8.00. The monoisotopic (exact) mass is 634 g/mol. The Labute approximate surface area is 262 Å². The first kappa shape index (κ1) is 30.3. The molecule has 2 aromatic carbocycles. The summed E-state index contributed by atoms with van der Waals surface area (Å²) in [5.74, 6) is 0. The van der Waals surface area contributed by atoms with E-state index in [-0.39, 0.29) is 24.0 Å². The largest absolute Gasteiger partial charge is 0.413 e. The number of fused-ring (bicyclic) bond motifs is 1. The SMILES string of the molecule is Cc1c([C@H](Nc2cc(Cl)cc3c(NCC(C)(C)C)c(C#N)cnc23)c2cn(C3(C(F)(F)F)CC3)nn2)cccc1-n1cnnc1. The number of rotatable bonds is 8. The average Bonchev–Trinajstić information content (AvgIpc) is 3.37. The van der Waals surface area contributed by atoms with E-state index in [1.54, 1.807) is 29.4 Å². The topological polar surface area (TPSA) is 122 Å². The lowest BCUT2D eigenvalue weighted by atomic mass is 9.96. The maximum Gasteiger partial charge on any atom is 0.413 e. The molecule has 1 aliphatic rings. The minimum Gasteiger partial charge on any atom is -0.383 e. The Morgan fingerprint density at radius 1 is 1.13 bits per heavy atom. The molecule has 45 heavy (non-hydrogen) atoms. The molecule has 3 aromatic heterocycles. The number of alkyl halides is 3. The van der Waals surface area contributed by atoms with Gasteiger partial charge in [-0.25, -0.2) is 4.68 Å². The van der Waals surface area contributed by atoms with Crippen molar-refractivity contribution in [1.82, 2.24) is 34.7 Å². The van der Waals surface area contributed by atoms with Crippen LogP contribution in [0.15, 0.2) is 55.4 Å². The molecule has 1 fully saturated rings. The fourth-order valence-electron chi connectivity index (χ4n) is 5.41. The van der Waals surface area contributed by atoms with Gasteiger partial charge in [0.2, 0.25) is 0 Å². The third kappa shape index (κ3) is 5.66. The second kappa shape index (κ2) is 11.0.